The quantitative estimate of drug-likeness (QED) is 0.407. The van der Waals surface area contributed by atoms with Gasteiger partial charge in [-0.25, -0.2) is 8.42 Å². The number of sulfonamides is 1. The van der Waals surface area contributed by atoms with Crippen LogP contribution in [0.25, 0.3) is 0 Å². The van der Waals surface area contributed by atoms with Crippen LogP contribution in [0.3, 0.4) is 0 Å². The lowest BCUT2D eigenvalue weighted by Crippen LogP contribution is -2.40. The van der Waals surface area contributed by atoms with Gasteiger partial charge >= 0.3 is 6.18 Å². The number of amides is 1. The van der Waals surface area contributed by atoms with Gasteiger partial charge in [-0.2, -0.15) is 17.5 Å². The Balaban J connectivity index is 1.49. The zero-order chi connectivity index (χ0) is 30.3. The zero-order valence-corrected chi connectivity index (χ0v) is 24.1. The number of hydrogen-bond acceptors (Lipinski definition) is 7. The van der Waals surface area contributed by atoms with Gasteiger partial charge in [0.05, 0.1) is 30.8 Å². The zero-order valence-electron chi connectivity index (χ0n) is 23.3. The van der Waals surface area contributed by atoms with Crippen LogP contribution in [0.2, 0.25) is 0 Å². The fraction of sp³-hybridized carbons (Fsp3) is 0.483. The van der Waals surface area contributed by atoms with E-state index in [0.717, 1.165) is 35.7 Å². The summed E-state index contributed by atoms with van der Waals surface area (Å²) in [6.07, 6.45) is -0.857. The van der Waals surface area contributed by atoms with Crippen molar-refractivity contribution < 1.29 is 45.7 Å². The van der Waals surface area contributed by atoms with E-state index in [2.05, 4.69) is 0 Å². The van der Waals surface area contributed by atoms with Crippen LogP contribution in [0, 0.1) is 0 Å². The minimum atomic E-state index is -4.47. The number of halogens is 3. The molecule has 0 aliphatic carbocycles. The summed E-state index contributed by atoms with van der Waals surface area (Å²) in [5, 5.41) is 9.52. The molecule has 2 aliphatic rings. The molecular formula is C29H35F3N2O7S. The number of rotatable bonds is 11. The average molecular weight is 613 g/mol. The second kappa shape index (κ2) is 13.9. The normalized spacial score (nSPS) is 19.8. The van der Waals surface area contributed by atoms with Crippen molar-refractivity contribution >= 4 is 15.9 Å². The summed E-state index contributed by atoms with van der Waals surface area (Å²) in [4.78, 5) is 15.0. The third kappa shape index (κ3) is 7.82. The number of ether oxygens (including phenoxy) is 3. The molecule has 1 fully saturated rings. The standard InChI is InChI=1S/C29H35F3N2O7S/c1-39-24-9-11-25(12-10-24)42(37,38)34(15-17-35)16-18-40-27-20-22(21-5-7-23(8-6-21)29(30,31)32)19-26(41-27)28(36)33-13-3-2-4-14-33/h5-12,19,22,27,35H,2-4,13-18,20H2,1H3/t22-,27+/m0/s1. The van der Waals surface area contributed by atoms with Crippen LogP contribution in [0.5, 0.6) is 5.75 Å². The minimum Gasteiger partial charge on any atom is -0.497 e. The lowest BCUT2D eigenvalue weighted by molar-refractivity contribution is -0.153. The van der Waals surface area contributed by atoms with Crippen molar-refractivity contribution in [3.8, 4) is 5.75 Å². The topological polar surface area (TPSA) is 106 Å². The van der Waals surface area contributed by atoms with Gasteiger partial charge in [0, 0.05) is 38.5 Å². The molecule has 42 heavy (non-hydrogen) atoms. The predicted molar refractivity (Wildman–Crippen MR) is 147 cm³/mol. The highest BCUT2D eigenvalue weighted by atomic mass is 32.2. The first-order chi connectivity index (χ1) is 20.0. The highest BCUT2D eigenvalue weighted by Crippen LogP contribution is 2.35. The molecule has 1 N–H and O–H groups in total. The molecule has 2 aliphatic heterocycles. The summed E-state index contributed by atoms with van der Waals surface area (Å²) < 4.78 is 83.7. The summed E-state index contributed by atoms with van der Waals surface area (Å²) >= 11 is 0. The van der Waals surface area contributed by atoms with Crippen molar-refractivity contribution in [1.29, 1.82) is 0 Å². The van der Waals surface area contributed by atoms with Gasteiger partial charge in [-0.15, -0.1) is 0 Å². The van der Waals surface area contributed by atoms with Crippen LogP contribution >= 0.6 is 0 Å². The maximum atomic E-state index is 13.3. The summed E-state index contributed by atoms with van der Waals surface area (Å²) in [7, 11) is -2.50. The molecule has 1 amide bonds. The maximum Gasteiger partial charge on any atom is 0.416 e. The molecule has 230 valence electrons. The number of likely N-dealkylation sites (tertiary alicyclic amines) is 1. The van der Waals surface area contributed by atoms with E-state index in [1.54, 1.807) is 11.0 Å². The molecule has 0 spiro atoms. The Bertz CT molecular complexity index is 1330. The molecule has 0 aromatic heterocycles. The van der Waals surface area contributed by atoms with Crippen molar-refractivity contribution in [2.75, 3.05) is 46.5 Å². The number of piperidine rings is 1. The second-order valence-electron chi connectivity index (χ2n) is 10.1. The van der Waals surface area contributed by atoms with Gasteiger partial charge in [-0.3, -0.25) is 4.79 Å². The van der Waals surface area contributed by atoms with Crippen LogP contribution in [0.15, 0.2) is 65.3 Å². The smallest absolute Gasteiger partial charge is 0.416 e. The molecule has 0 radical (unpaired) electrons. The van der Waals surface area contributed by atoms with Gasteiger partial charge in [0.1, 0.15) is 5.75 Å². The van der Waals surface area contributed by atoms with E-state index >= 15 is 0 Å². The Morgan fingerprint density at radius 2 is 1.71 bits per heavy atom. The van der Waals surface area contributed by atoms with Gasteiger partial charge in [0.25, 0.3) is 5.91 Å². The number of aliphatic hydroxyl groups is 1. The van der Waals surface area contributed by atoms with E-state index in [1.807, 2.05) is 0 Å². The van der Waals surface area contributed by atoms with Gasteiger partial charge in [0.2, 0.25) is 16.3 Å². The molecule has 4 rings (SSSR count). The van der Waals surface area contributed by atoms with E-state index in [0.29, 0.717) is 24.4 Å². The van der Waals surface area contributed by atoms with Crippen molar-refractivity contribution in [1.82, 2.24) is 9.21 Å². The third-order valence-corrected chi connectivity index (χ3v) is 9.18. The Morgan fingerprint density at radius 1 is 1.05 bits per heavy atom. The van der Waals surface area contributed by atoms with E-state index in [9.17, 15) is 31.5 Å². The number of carbonyl (C=O) groups is 1. The molecule has 0 bridgehead atoms. The number of nitrogens with zero attached hydrogens (tertiary/aromatic N) is 2. The Morgan fingerprint density at radius 3 is 2.31 bits per heavy atom. The molecule has 2 heterocycles. The molecule has 0 saturated carbocycles. The van der Waals surface area contributed by atoms with Crippen molar-refractivity contribution in [2.24, 2.45) is 0 Å². The third-order valence-electron chi connectivity index (χ3n) is 7.27. The van der Waals surface area contributed by atoms with Crippen molar-refractivity contribution in [3.63, 3.8) is 0 Å². The van der Waals surface area contributed by atoms with E-state index in [1.165, 1.54) is 43.5 Å². The summed E-state index contributed by atoms with van der Waals surface area (Å²) in [6.45, 7) is 0.340. The molecule has 9 nitrogen and oxygen atoms in total. The molecule has 2 aromatic rings. The largest absolute Gasteiger partial charge is 0.497 e. The number of methoxy groups -OCH3 is 1. The molecule has 13 heteroatoms. The highest BCUT2D eigenvalue weighted by molar-refractivity contribution is 7.89. The fourth-order valence-corrected chi connectivity index (χ4v) is 6.38. The maximum absolute atomic E-state index is 13.3. The van der Waals surface area contributed by atoms with Crippen molar-refractivity contribution in [3.05, 3.63) is 71.5 Å². The van der Waals surface area contributed by atoms with Gasteiger partial charge < -0.3 is 24.2 Å². The van der Waals surface area contributed by atoms with Gasteiger partial charge in [-0.05, 0) is 67.3 Å². The molecule has 0 unspecified atom stereocenters. The number of allylic oxidation sites excluding steroid dienone is 1. The summed E-state index contributed by atoms with van der Waals surface area (Å²) in [6, 6.07) is 10.6. The van der Waals surface area contributed by atoms with Gasteiger partial charge in [-0.1, -0.05) is 12.1 Å². The minimum absolute atomic E-state index is 0.0189. The highest BCUT2D eigenvalue weighted by Gasteiger charge is 2.34. The Hall–Kier alpha value is -3.13. The first-order valence-electron chi connectivity index (χ1n) is 13.7. The summed E-state index contributed by atoms with van der Waals surface area (Å²) in [5.41, 5.74) is -0.213. The average Bonchev–Trinajstić information content (AvgIpc) is 3.00. The number of hydrogen-bond donors (Lipinski definition) is 1. The van der Waals surface area contributed by atoms with Crippen molar-refractivity contribution in [2.45, 2.75) is 49.0 Å². The molecule has 2 atom stereocenters. The number of alkyl halides is 3. The Labute approximate surface area is 243 Å². The fourth-order valence-electron chi connectivity index (χ4n) is 4.96. The first kappa shape index (κ1) is 31.8. The van der Waals surface area contributed by atoms with Crippen LogP contribution in [0.4, 0.5) is 13.2 Å². The van der Waals surface area contributed by atoms with Gasteiger partial charge in [0.15, 0.2) is 5.76 Å². The second-order valence-corrected chi connectivity index (χ2v) is 12.0. The molecular weight excluding hydrogens is 577 g/mol. The summed E-state index contributed by atoms with van der Waals surface area (Å²) in [5.74, 6) is -0.239. The monoisotopic (exact) mass is 612 g/mol. The Kier molecular flexibility index (Phi) is 10.5. The van der Waals surface area contributed by atoms with E-state index in [4.69, 9.17) is 14.2 Å². The van der Waals surface area contributed by atoms with Crippen LogP contribution < -0.4 is 4.74 Å². The molecule has 2 aromatic carbocycles. The number of aliphatic hydroxyl groups excluding tert-OH is 1. The predicted octanol–water partition coefficient (Wildman–Crippen LogP) is 4.14. The van der Waals surface area contributed by atoms with E-state index in [-0.39, 0.29) is 42.7 Å². The first-order valence-corrected chi connectivity index (χ1v) is 15.2. The lowest BCUT2D eigenvalue weighted by atomic mass is 9.92. The number of carbonyl (C=O) groups excluding carboxylic acids is 1. The molecule has 1 saturated heterocycles. The van der Waals surface area contributed by atoms with Crippen LogP contribution in [-0.4, -0.2) is 81.4 Å². The lowest BCUT2D eigenvalue weighted by Gasteiger charge is -2.33. The van der Waals surface area contributed by atoms with Crippen LogP contribution in [0.1, 0.15) is 42.7 Å². The SMILES string of the molecule is COc1ccc(S(=O)(=O)N(CCO)CCO[C@H]2C[C@@H](c3ccc(C(F)(F)F)cc3)C=C(C(=O)N3CCCCC3)O2)cc1. The van der Waals surface area contributed by atoms with E-state index < -0.39 is 40.6 Å². The number of benzene rings is 2. The van der Waals surface area contributed by atoms with Crippen LogP contribution in [-0.2, 0) is 30.5 Å².